The van der Waals surface area contributed by atoms with E-state index in [1.807, 2.05) is 12.1 Å². The van der Waals surface area contributed by atoms with Crippen LogP contribution in [-0.2, 0) is 11.3 Å². The van der Waals surface area contributed by atoms with Crippen LogP contribution in [0.15, 0.2) is 18.2 Å². The lowest BCUT2D eigenvalue weighted by molar-refractivity contribution is -0.126. The number of hydrazine groups is 1. The lowest BCUT2D eigenvalue weighted by atomic mass is 9.96. The minimum atomic E-state index is -0.0574. The van der Waals surface area contributed by atoms with E-state index in [-0.39, 0.29) is 11.8 Å². The van der Waals surface area contributed by atoms with Crippen molar-refractivity contribution in [3.05, 3.63) is 23.8 Å². The second-order valence-corrected chi connectivity index (χ2v) is 5.86. The molecule has 1 aromatic carbocycles. The smallest absolute Gasteiger partial charge is 0.237 e. The number of rotatable bonds is 7. The van der Waals surface area contributed by atoms with Gasteiger partial charge in [0.1, 0.15) is 0 Å². The van der Waals surface area contributed by atoms with Gasteiger partial charge in [-0.1, -0.05) is 19.1 Å². The first kappa shape index (κ1) is 17.6. The molecule has 0 saturated carbocycles. The molecule has 6 nitrogen and oxygen atoms in total. The molecule has 1 aliphatic heterocycles. The molecule has 128 valence electrons. The van der Waals surface area contributed by atoms with E-state index < -0.39 is 0 Å². The molecular weight excluding hydrogens is 294 g/mol. The number of nitrogens with two attached hydrogens (primary N) is 1. The molecule has 0 bridgehead atoms. The number of nitrogens with one attached hydrogen (secondary N) is 1. The molecule has 0 aliphatic carbocycles. The fourth-order valence-corrected chi connectivity index (χ4v) is 2.93. The largest absolute Gasteiger partial charge is 0.493 e. The standard InChI is InChI=1S/C17H27N3O3/c1-3-11-23-16-14(5-4-6-15(16)22-2)12-20-9-7-13(8-10-20)17(21)19-18/h4-6,13H,3,7-12,18H2,1-2H3,(H,19,21). The number of piperidine rings is 1. The van der Waals surface area contributed by atoms with E-state index in [9.17, 15) is 4.79 Å². The molecule has 6 heteroatoms. The Hall–Kier alpha value is -1.79. The summed E-state index contributed by atoms with van der Waals surface area (Å²) in [6.07, 6.45) is 2.62. The normalized spacial score (nSPS) is 16.1. The zero-order valence-electron chi connectivity index (χ0n) is 14.0. The molecule has 0 aromatic heterocycles. The highest BCUT2D eigenvalue weighted by molar-refractivity contribution is 5.78. The van der Waals surface area contributed by atoms with Crippen LogP contribution in [0.25, 0.3) is 0 Å². The number of carbonyl (C=O) groups is 1. The van der Waals surface area contributed by atoms with Crippen molar-refractivity contribution in [3.8, 4) is 11.5 Å². The summed E-state index contributed by atoms with van der Waals surface area (Å²) in [7, 11) is 1.66. The molecule has 1 amide bonds. The van der Waals surface area contributed by atoms with E-state index >= 15 is 0 Å². The number of amides is 1. The monoisotopic (exact) mass is 321 g/mol. The number of benzene rings is 1. The number of carbonyl (C=O) groups excluding carboxylic acids is 1. The van der Waals surface area contributed by atoms with E-state index in [0.29, 0.717) is 6.61 Å². The summed E-state index contributed by atoms with van der Waals surface area (Å²) in [5.74, 6) is 6.79. The molecule has 2 rings (SSSR count). The van der Waals surface area contributed by atoms with Gasteiger partial charge in [-0.3, -0.25) is 15.1 Å². The van der Waals surface area contributed by atoms with Gasteiger partial charge in [0.2, 0.25) is 5.91 Å². The Bertz CT molecular complexity index is 514. The maximum absolute atomic E-state index is 11.6. The Morgan fingerprint density at radius 2 is 2.13 bits per heavy atom. The number of para-hydroxylation sites is 1. The maximum atomic E-state index is 11.6. The zero-order chi connectivity index (χ0) is 16.7. The fourth-order valence-electron chi connectivity index (χ4n) is 2.93. The molecule has 0 radical (unpaired) electrons. The highest BCUT2D eigenvalue weighted by Crippen LogP contribution is 2.33. The van der Waals surface area contributed by atoms with Crippen LogP contribution >= 0.6 is 0 Å². The number of hydrogen-bond acceptors (Lipinski definition) is 5. The maximum Gasteiger partial charge on any atom is 0.237 e. The summed E-state index contributed by atoms with van der Waals surface area (Å²) in [5, 5.41) is 0. The van der Waals surface area contributed by atoms with Crippen LogP contribution < -0.4 is 20.7 Å². The first-order valence-electron chi connectivity index (χ1n) is 8.21. The van der Waals surface area contributed by atoms with E-state index in [4.69, 9.17) is 15.3 Å². The Balaban J connectivity index is 2.01. The van der Waals surface area contributed by atoms with Gasteiger partial charge in [-0.05, 0) is 38.4 Å². The summed E-state index contributed by atoms with van der Waals surface area (Å²) < 4.78 is 11.3. The van der Waals surface area contributed by atoms with Crippen LogP contribution in [0, 0.1) is 5.92 Å². The van der Waals surface area contributed by atoms with Crippen LogP contribution in [0.5, 0.6) is 11.5 Å². The minimum Gasteiger partial charge on any atom is -0.493 e. The summed E-state index contributed by atoms with van der Waals surface area (Å²) >= 11 is 0. The van der Waals surface area contributed by atoms with Gasteiger partial charge >= 0.3 is 0 Å². The summed E-state index contributed by atoms with van der Waals surface area (Å²) in [6, 6.07) is 5.99. The summed E-state index contributed by atoms with van der Waals surface area (Å²) in [4.78, 5) is 13.9. The van der Waals surface area contributed by atoms with Crippen molar-refractivity contribution in [2.75, 3.05) is 26.8 Å². The van der Waals surface area contributed by atoms with E-state index in [1.54, 1.807) is 7.11 Å². The lowest BCUT2D eigenvalue weighted by Crippen LogP contribution is -2.42. The molecule has 0 atom stereocenters. The molecule has 1 heterocycles. The molecule has 0 spiro atoms. The fraction of sp³-hybridized carbons (Fsp3) is 0.588. The minimum absolute atomic E-state index is 0.0253. The highest BCUT2D eigenvalue weighted by atomic mass is 16.5. The Labute approximate surface area is 137 Å². The quantitative estimate of drug-likeness (QED) is 0.454. The van der Waals surface area contributed by atoms with Crippen molar-refractivity contribution in [1.82, 2.24) is 10.3 Å². The molecule has 1 saturated heterocycles. The SMILES string of the molecule is CCCOc1c(CN2CCC(C(=O)NN)CC2)cccc1OC. The van der Waals surface area contributed by atoms with E-state index in [1.165, 1.54) is 0 Å². The molecule has 1 aromatic rings. The molecule has 23 heavy (non-hydrogen) atoms. The molecule has 0 unspecified atom stereocenters. The number of ether oxygens (including phenoxy) is 2. The zero-order valence-corrected chi connectivity index (χ0v) is 14.0. The highest BCUT2D eigenvalue weighted by Gasteiger charge is 2.25. The summed E-state index contributed by atoms with van der Waals surface area (Å²) in [6.45, 7) is 5.31. The molecule has 1 aliphatic rings. The van der Waals surface area contributed by atoms with Gasteiger partial charge in [-0.2, -0.15) is 0 Å². The predicted octanol–water partition coefficient (Wildman–Crippen LogP) is 1.69. The average molecular weight is 321 g/mol. The lowest BCUT2D eigenvalue weighted by Gasteiger charge is -2.31. The molecule has 3 N–H and O–H groups in total. The molecular formula is C17H27N3O3. The van der Waals surface area contributed by atoms with Crippen LogP contribution in [0.4, 0.5) is 0 Å². The Kier molecular flexibility index (Phi) is 6.67. The van der Waals surface area contributed by atoms with Crippen molar-refractivity contribution >= 4 is 5.91 Å². The van der Waals surface area contributed by atoms with Crippen molar-refractivity contribution in [1.29, 1.82) is 0 Å². The van der Waals surface area contributed by atoms with Crippen molar-refractivity contribution in [2.45, 2.75) is 32.7 Å². The third kappa shape index (κ3) is 4.59. The number of hydrogen-bond donors (Lipinski definition) is 2. The third-order valence-corrected chi connectivity index (χ3v) is 4.23. The van der Waals surface area contributed by atoms with Crippen LogP contribution in [-0.4, -0.2) is 37.6 Å². The number of likely N-dealkylation sites (tertiary alicyclic amines) is 1. The predicted molar refractivity (Wildman–Crippen MR) is 89.1 cm³/mol. The van der Waals surface area contributed by atoms with Gasteiger partial charge < -0.3 is 9.47 Å². The first-order chi connectivity index (χ1) is 11.2. The average Bonchev–Trinajstić information content (AvgIpc) is 2.60. The molecule has 1 fully saturated rings. The van der Waals surface area contributed by atoms with Gasteiger partial charge in [-0.25, -0.2) is 5.84 Å². The Morgan fingerprint density at radius 3 is 2.74 bits per heavy atom. The number of methoxy groups -OCH3 is 1. The van der Waals surface area contributed by atoms with E-state index in [0.717, 1.165) is 56.0 Å². The van der Waals surface area contributed by atoms with Gasteiger partial charge in [0.25, 0.3) is 0 Å². The van der Waals surface area contributed by atoms with Crippen LogP contribution in [0.1, 0.15) is 31.7 Å². The Morgan fingerprint density at radius 1 is 1.39 bits per heavy atom. The van der Waals surface area contributed by atoms with Gasteiger partial charge in [0, 0.05) is 18.0 Å². The van der Waals surface area contributed by atoms with Crippen molar-refractivity contribution in [3.63, 3.8) is 0 Å². The van der Waals surface area contributed by atoms with Gasteiger partial charge in [0.05, 0.1) is 13.7 Å². The second-order valence-electron chi connectivity index (χ2n) is 5.86. The first-order valence-corrected chi connectivity index (χ1v) is 8.21. The topological polar surface area (TPSA) is 76.8 Å². The van der Waals surface area contributed by atoms with Gasteiger partial charge in [0.15, 0.2) is 11.5 Å². The van der Waals surface area contributed by atoms with E-state index in [2.05, 4.69) is 23.3 Å². The summed E-state index contributed by atoms with van der Waals surface area (Å²) in [5.41, 5.74) is 3.38. The second kappa shape index (κ2) is 8.74. The van der Waals surface area contributed by atoms with Crippen LogP contribution in [0.3, 0.4) is 0 Å². The number of nitrogens with zero attached hydrogens (tertiary/aromatic N) is 1. The van der Waals surface area contributed by atoms with Crippen molar-refractivity contribution in [2.24, 2.45) is 11.8 Å². The van der Waals surface area contributed by atoms with Crippen molar-refractivity contribution < 1.29 is 14.3 Å². The van der Waals surface area contributed by atoms with Gasteiger partial charge in [-0.15, -0.1) is 0 Å². The third-order valence-electron chi connectivity index (χ3n) is 4.23. The van der Waals surface area contributed by atoms with Crippen LogP contribution in [0.2, 0.25) is 0 Å².